The third kappa shape index (κ3) is 4.39. The van der Waals surface area contributed by atoms with Gasteiger partial charge in [-0.3, -0.25) is 4.79 Å². The van der Waals surface area contributed by atoms with Crippen molar-refractivity contribution < 1.29 is 9.90 Å². The number of phenolic OH excluding ortho intramolecular Hbond substituents is 1. The van der Waals surface area contributed by atoms with Crippen molar-refractivity contribution in [2.45, 2.75) is 39.5 Å². The van der Waals surface area contributed by atoms with Gasteiger partial charge in [-0.2, -0.15) is 0 Å². The highest BCUT2D eigenvalue weighted by molar-refractivity contribution is 6.12. The molecular weight excluding hydrogens is 308 g/mol. The molecule has 1 saturated carbocycles. The fraction of sp³-hybridized carbons (Fsp3) is 0.348. The maximum atomic E-state index is 13.0. The Morgan fingerprint density at radius 1 is 1.12 bits per heavy atom. The van der Waals surface area contributed by atoms with E-state index < -0.39 is 0 Å². The quantitative estimate of drug-likeness (QED) is 0.729. The van der Waals surface area contributed by atoms with E-state index >= 15 is 0 Å². The number of rotatable bonds is 3. The molecule has 0 bridgehead atoms. The van der Waals surface area contributed by atoms with Gasteiger partial charge in [0.15, 0.2) is 5.78 Å². The SMILES string of the molecule is CCC1C/C(=C\C2=CCC(C)C=C2)C(=O)/C(=C/c2ccc(O)cc2)C1. The van der Waals surface area contributed by atoms with E-state index in [-0.39, 0.29) is 11.5 Å². The summed E-state index contributed by atoms with van der Waals surface area (Å²) in [5.74, 6) is 1.51. The highest BCUT2D eigenvalue weighted by Crippen LogP contribution is 2.34. The minimum Gasteiger partial charge on any atom is -0.508 e. The van der Waals surface area contributed by atoms with E-state index in [0.29, 0.717) is 11.8 Å². The summed E-state index contributed by atoms with van der Waals surface area (Å²) in [6, 6.07) is 7.02. The van der Waals surface area contributed by atoms with Crippen molar-refractivity contribution in [3.8, 4) is 5.75 Å². The van der Waals surface area contributed by atoms with Gasteiger partial charge in [-0.15, -0.1) is 0 Å². The Hall–Kier alpha value is -2.35. The average Bonchev–Trinajstić information content (AvgIpc) is 2.62. The number of aromatic hydroxyl groups is 1. The zero-order valence-electron chi connectivity index (χ0n) is 15.0. The highest BCUT2D eigenvalue weighted by atomic mass is 16.3. The van der Waals surface area contributed by atoms with E-state index in [9.17, 15) is 9.90 Å². The van der Waals surface area contributed by atoms with E-state index in [0.717, 1.165) is 48.0 Å². The predicted octanol–water partition coefficient (Wildman–Crippen LogP) is 5.61. The van der Waals surface area contributed by atoms with E-state index in [4.69, 9.17) is 0 Å². The van der Waals surface area contributed by atoms with Crippen LogP contribution in [-0.4, -0.2) is 10.9 Å². The molecule has 0 spiro atoms. The van der Waals surface area contributed by atoms with E-state index in [1.54, 1.807) is 12.1 Å². The second-order valence-corrected chi connectivity index (χ2v) is 7.22. The molecule has 0 heterocycles. The number of phenols is 1. The zero-order chi connectivity index (χ0) is 17.8. The smallest absolute Gasteiger partial charge is 0.185 e. The normalized spacial score (nSPS) is 27.0. The Kier molecular flexibility index (Phi) is 5.37. The van der Waals surface area contributed by atoms with E-state index in [2.05, 4.69) is 38.2 Å². The Labute approximate surface area is 150 Å². The zero-order valence-corrected chi connectivity index (χ0v) is 15.0. The van der Waals surface area contributed by atoms with Crippen LogP contribution in [0.2, 0.25) is 0 Å². The molecule has 1 aromatic carbocycles. The van der Waals surface area contributed by atoms with Crippen LogP contribution in [0.5, 0.6) is 5.75 Å². The van der Waals surface area contributed by atoms with E-state index in [1.165, 1.54) is 0 Å². The number of carbonyl (C=O) groups is 1. The van der Waals surface area contributed by atoms with Crippen molar-refractivity contribution in [3.05, 3.63) is 70.9 Å². The number of carbonyl (C=O) groups excluding carboxylic acids is 1. The van der Waals surface area contributed by atoms with Crippen molar-refractivity contribution in [2.75, 3.05) is 0 Å². The van der Waals surface area contributed by atoms with Crippen molar-refractivity contribution in [1.29, 1.82) is 0 Å². The fourth-order valence-corrected chi connectivity index (χ4v) is 3.45. The molecule has 2 aliphatic carbocycles. The van der Waals surface area contributed by atoms with E-state index in [1.807, 2.05) is 18.2 Å². The number of benzene rings is 1. The minimum atomic E-state index is 0.172. The van der Waals surface area contributed by atoms with Gasteiger partial charge in [0.1, 0.15) is 5.75 Å². The molecule has 0 amide bonds. The van der Waals surface area contributed by atoms with Gasteiger partial charge in [0.2, 0.25) is 0 Å². The number of hydrogen-bond donors (Lipinski definition) is 1. The third-order valence-corrected chi connectivity index (χ3v) is 5.10. The van der Waals surface area contributed by atoms with Crippen LogP contribution in [0.4, 0.5) is 0 Å². The second-order valence-electron chi connectivity index (χ2n) is 7.22. The molecule has 1 aromatic rings. The van der Waals surface area contributed by atoms with Crippen LogP contribution in [0.25, 0.3) is 6.08 Å². The lowest BCUT2D eigenvalue weighted by Crippen LogP contribution is -2.19. The average molecular weight is 334 g/mol. The monoisotopic (exact) mass is 334 g/mol. The summed E-state index contributed by atoms with van der Waals surface area (Å²) in [6.07, 6.45) is 14.4. The Morgan fingerprint density at radius 3 is 2.40 bits per heavy atom. The summed E-state index contributed by atoms with van der Waals surface area (Å²) < 4.78 is 0. The fourth-order valence-electron chi connectivity index (χ4n) is 3.45. The first kappa shape index (κ1) is 17.5. The molecule has 0 aliphatic heterocycles. The molecule has 0 saturated heterocycles. The van der Waals surface area contributed by atoms with Crippen molar-refractivity contribution in [2.24, 2.45) is 11.8 Å². The van der Waals surface area contributed by atoms with Crippen LogP contribution in [0.15, 0.2) is 65.3 Å². The number of hydrogen-bond acceptors (Lipinski definition) is 2. The molecular formula is C23H26O2. The van der Waals surface area contributed by atoms with Gasteiger partial charge >= 0.3 is 0 Å². The molecule has 2 nitrogen and oxygen atoms in total. The van der Waals surface area contributed by atoms with Gasteiger partial charge in [-0.1, -0.05) is 50.6 Å². The molecule has 0 aromatic heterocycles. The first-order chi connectivity index (χ1) is 12.0. The van der Waals surface area contributed by atoms with Gasteiger partial charge in [-0.25, -0.2) is 0 Å². The maximum Gasteiger partial charge on any atom is 0.185 e. The molecule has 2 unspecified atom stereocenters. The van der Waals surface area contributed by atoms with Gasteiger partial charge in [0.25, 0.3) is 0 Å². The van der Waals surface area contributed by atoms with Gasteiger partial charge in [0, 0.05) is 11.1 Å². The van der Waals surface area contributed by atoms with Crippen molar-refractivity contribution in [1.82, 2.24) is 0 Å². The summed E-state index contributed by atoms with van der Waals surface area (Å²) in [6.45, 7) is 4.39. The van der Waals surface area contributed by atoms with Gasteiger partial charge in [-0.05, 0) is 66.5 Å². The summed E-state index contributed by atoms with van der Waals surface area (Å²) in [5, 5.41) is 9.43. The number of Topliss-reactive ketones (excluding diaryl/α,β-unsaturated/α-hetero) is 1. The van der Waals surface area contributed by atoms with Gasteiger partial charge in [0.05, 0.1) is 0 Å². The molecule has 2 aliphatic rings. The van der Waals surface area contributed by atoms with Gasteiger partial charge < -0.3 is 5.11 Å². The Balaban J connectivity index is 1.88. The van der Waals surface area contributed by atoms with Crippen LogP contribution in [-0.2, 0) is 4.79 Å². The number of ketones is 1. The third-order valence-electron chi connectivity index (χ3n) is 5.10. The lowest BCUT2D eigenvalue weighted by molar-refractivity contribution is -0.113. The maximum absolute atomic E-state index is 13.0. The van der Waals surface area contributed by atoms with Crippen molar-refractivity contribution >= 4 is 11.9 Å². The van der Waals surface area contributed by atoms with Crippen LogP contribution >= 0.6 is 0 Å². The molecule has 0 radical (unpaired) electrons. The Bertz CT molecular complexity index is 760. The molecule has 1 N–H and O–H groups in total. The molecule has 2 atom stereocenters. The lowest BCUT2D eigenvalue weighted by atomic mass is 9.78. The van der Waals surface area contributed by atoms with Crippen LogP contribution < -0.4 is 0 Å². The minimum absolute atomic E-state index is 0.172. The molecule has 130 valence electrons. The molecule has 25 heavy (non-hydrogen) atoms. The number of allylic oxidation sites excluding steroid dienone is 7. The summed E-state index contributed by atoms with van der Waals surface area (Å²) in [5.41, 5.74) is 3.92. The lowest BCUT2D eigenvalue weighted by Gasteiger charge is -2.25. The van der Waals surface area contributed by atoms with Crippen molar-refractivity contribution in [3.63, 3.8) is 0 Å². The van der Waals surface area contributed by atoms with Crippen LogP contribution in [0.1, 0.15) is 45.1 Å². The molecule has 1 fully saturated rings. The topological polar surface area (TPSA) is 37.3 Å². The first-order valence-electron chi connectivity index (χ1n) is 9.18. The largest absolute Gasteiger partial charge is 0.508 e. The predicted molar refractivity (Wildman–Crippen MR) is 103 cm³/mol. The second kappa shape index (κ2) is 7.69. The first-order valence-corrected chi connectivity index (χ1v) is 9.18. The van der Waals surface area contributed by atoms with Crippen LogP contribution in [0, 0.1) is 11.8 Å². The molecule has 2 heteroatoms. The standard InChI is InChI=1S/C23H26O2/c1-3-17-12-20(14-18-6-4-16(2)5-7-18)23(25)21(13-17)15-19-8-10-22(24)11-9-19/h4,6-11,14-17,24H,3,5,12-13H2,1-2H3/b20-14+,21-15+. The highest BCUT2D eigenvalue weighted by Gasteiger charge is 2.26. The molecule has 3 rings (SSSR count). The summed E-state index contributed by atoms with van der Waals surface area (Å²) in [4.78, 5) is 13.0. The summed E-state index contributed by atoms with van der Waals surface area (Å²) in [7, 11) is 0. The van der Waals surface area contributed by atoms with Crippen LogP contribution in [0.3, 0.4) is 0 Å². The Morgan fingerprint density at radius 2 is 1.80 bits per heavy atom. The summed E-state index contributed by atoms with van der Waals surface area (Å²) >= 11 is 0.